The summed E-state index contributed by atoms with van der Waals surface area (Å²) in [6.45, 7) is 1.05. The molecule has 0 spiro atoms. The summed E-state index contributed by atoms with van der Waals surface area (Å²) in [6.07, 6.45) is 2.98. The van der Waals surface area contributed by atoms with E-state index in [0.717, 1.165) is 5.69 Å². The molecule has 0 aliphatic carbocycles. The van der Waals surface area contributed by atoms with Crippen LogP contribution in [0, 0.1) is 11.7 Å². The van der Waals surface area contributed by atoms with Gasteiger partial charge in [0.05, 0.1) is 32.3 Å². The van der Waals surface area contributed by atoms with Crippen molar-refractivity contribution in [1.29, 1.82) is 0 Å². The van der Waals surface area contributed by atoms with E-state index >= 15 is 0 Å². The van der Waals surface area contributed by atoms with Gasteiger partial charge < -0.3 is 15.0 Å². The van der Waals surface area contributed by atoms with Gasteiger partial charge in [-0.2, -0.15) is 5.10 Å². The van der Waals surface area contributed by atoms with Gasteiger partial charge in [-0.25, -0.2) is 14.1 Å². The highest BCUT2D eigenvalue weighted by molar-refractivity contribution is 6.00. The number of ether oxygens (including phenoxy) is 1. The molecule has 0 bridgehead atoms. The van der Waals surface area contributed by atoms with Crippen LogP contribution in [-0.2, 0) is 22.7 Å². The number of aromatic nitrogens is 4. The Labute approximate surface area is 211 Å². The topological polar surface area (TPSA) is 111 Å². The van der Waals surface area contributed by atoms with Gasteiger partial charge in [0.15, 0.2) is 5.65 Å². The van der Waals surface area contributed by atoms with Crippen LogP contribution in [0.15, 0.2) is 65.8 Å². The van der Waals surface area contributed by atoms with Gasteiger partial charge in [-0.05, 0) is 42.0 Å². The Hall–Kier alpha value is -4.54. The first-order valence-electron chi connectivity index (χ1n) is 11.8. The molecule has 1 aliphatic rings. The van der Waals surface area contributed by atoms with E-state index in [1.54, 1.807) is 53.1 Å². The average molecular weight is 505 g/mol. The Morgan fingerprint density at radius 1 is 1.19 bits per heavy atom. The zero-order chi connectivity index (χ0) is 25.9. The second-order valence-corrected chi connectivity index (χ2v) is 8.81. The summed E-state index contributed by atoms with van der Waals surface area (Å²) in [6, 6.07) is 13.2. The summed E-state index contributed by atoms with van der Waals surface area (Å²) < 4.78 is 21.6. The molecule has 2 amide bonds. The third-order valence-corrected chi connectivity index (χ3v) is 6.37. The maximum absolute atomic E-state index is 13.5. The number of halogens is 1. The zero-order valence-electron chi connectivity index (χ0n) is 20.1. The Morgan fingerprint density at radius 3 is 2.76 bits per heavy atom. The zero-order valence-corrected chi connectivity index (χ0v) is 20.1. The van der Waals surface area contributed by atoms with Crippen molar-refractivity contribution in [3.8, 4) is 5.75 Å². The van der Waals surface area contributed by atoms with Crippen LogP contribution < -0.4 is 20.5 Å². The lowest BCUT2D eigenvalue weighted by atomic mass is 10.1. The Bertz CT molecular complexity index is 1510. The quantitative estimate of drug-likeness (QED) is 0.393. The van der Waals surface area contributed by atoms with E-state index in [-0.39, 0.29) is 42.7 Å². The van der Waals surface area contributed by atoms with Crippen molar-refractivity contribution in [3.05, 3.63) is 82.8 Å². The van der Waals surface area contributed by atoms with E-state index in [1.807, 2.05) is 0 Å². The van der Waals surface area contributed by atoms with Crippen molar-refractivity contribution in [2.45, 2.75) is 19.5 Å². The molecule has 5 rings (SSSR count). The molecule has 11 heteroatoms. The number of amides is 2. The minimum absolute atomic E-state index is 0.109. The molecule has 0 radical (unpaired) electrons. The van der Waals surface area contributed by atoms with E-state index in [1.165, 1.54) is 29.2 Å². The summed E-state index contributed by atoms with van der Waals surface area (Å²) >= 11 is 0. The number of benzene rings is 2. The molecule has 0 saturated carbocycles. The van der Waals surface area contributed by atoms with Crippen molar-refractivity contribution >= 4 is 28.5 Å². The highest BCUT2D eigenvalue weighted by Gasteiger charge is 2.35. The highest BCUT2D eigenvalue weighted by Crippen LogP contribution is 2.26. The van der Waals surface area contributed by atoms with Gasteiger partial charge in [0.25, 0.3) is 5.56 Å². The van der Waals surface area contributed by atoms with Crippen LogP contribution in [-0.4, -0.2) is 51.3 Å². The van der Waals surface area contributed by atoms with Crippen LogP contribution in [0.2, 0.25) is 0 Å². The van der Waals surface area contributed by atoms with Gasteiger partial charge in [0, 0.05) is 25.2 Å². The van der Waals surface area contributed by atoms with Crippen LogP contribution in [0.1, 0.15) is 12.0 Å². The SMILES string of the molecule is COc1ccc(N2CC(C(=O)NCCn3ncc4c(=O)n(Cc5cccc(F)c5)cnc43)CC2=O)cc1. The summed E-state index contributed by atoms with van der Waals surface area (Å²) in [4.78, 5) is 44.0. The van der Waals surface area contributed by atoms with Crippen molar-refractivity contribution in [2.75, 3.05) is 25.1 Å². The number of hydrogen-bond acceptors (Lipinski definition) is 6. The van der Waals surface area contributed by atoms with Crippen molar-refractivity contribution in [1.82, 2.24) is 24.6 Å². The van der Waals surface area contributed by atoms with E-state index in [4.69, 9.17) is 4.74 Å². The maximum Gasteiger partial charge on any atom is 0.264 e. The molecule has 1 fully saturated rings. The summed E-state index contributed by atoms with van der Waals surface area (Å²) in [5.74, 6) is -0.467. The number of hydrogen-bond donors (Lipinski definition) is 1. The minimum Gasteiger partial charge on any atom is -0.497 e. The van der Waals surface area contributed by atoms with Gasteiger partial charge in [-0.1, -0.05) is 12.1 Å². The highest BCUT2D eigenvalue weighted by atomic mass is 19.1. The maximum atomic E-state index is 13.5. The molecule has 10 nitrogen and oxygen atoms in total. The van der Waals surface area contributed by atoms with Crippen LogP contribution in [0.3, 0.4) is 0 Å². The molecule has 2 aromatic heterocycles. The molecule has 37 heavy (non-hydrogen) atoms. The molecule has 4 aromatic rings. The van der Waals surface area contributed by atoms with E-state index in [0.29, 0.717) is 35.4 Å². The third-order valence-electron chi connectivity index (χ3n) is 6.37. The number of nitrogens with zero attached hydrogens (tertiary/aromatic N) is 5. The molecule has 1 N–H and O–H groups in total. The van der Waals surface area contributed by atoms with Gasteiger partial charge >= 0.3 is 0 Å². The fraction of sp³-hybridized carbons (Fsp3) is 0.269. The standard InChI is InChI=1S/C26H25FN6O4/c1-37-21-7-5-20(6-8-21)32-15-18(12-23(32)34)25(35)28-9-10-33-24-22(13-30-33)26(36)31(16-29-24)14-17-3-2-4-19(27)11-17/h2-8,11,13,16,18H,9-10,12,14-15H2,1H3,(H,28,35). The van der Waals surface area contributed by atoms with E-state index in [9.17, 15) is 18.8 Å². The predicted octanol–water partition coefficient (Wildman–Crippen LogP) is 1.96. The lowest BCUT2D eigenvalue weighted by Gasteiger charge is -2.17. The number of carbonyl (C=O) groups excluding carboxylic acids is 2. The lowest BCUT2D eigenvalue weighted by molar-refractivity contribution is -0.126. The summed E-state index contributed by atoms with van der Waals surface area (Å²) in [7, 11) is 1.57. The Kier molecular flexibility index (Phi) is 6.67. The van der Waals surface area contributed by atoms with E-state index < -0.39 is 5.92 Å². The summed E-state index contributed by atoms with van der Waals surface area (Å²) in [5, 5.41) is 7.44. The molecule has 2 aromatic carbocycles. The molecule has 190 valence electrons. The minimum atomic E-state index is -0.461. The number of methoxy groups -OCH3 is 1. The van der Waals surface area contributed by atoms with Crippen molar-refractivity contribution in [3.63, 3.8) is 0 Å². The summed E-state index contributed by atoms with van der Waals surface area (Å²) in [5.41, 5.74) is 1.48. The first-order chi connectivity index (χ1) is 17.9. The fourth-order valence-electron chi connectivity index (χ4n) is 4.43. The molecule has 1 unspecified atom stereocenters. The van der Waals surface area contributed by atoms with Gasteiger partial charge in [0.1, 0.15) is 23.3 Å². The average Bonchev–Trinajstić information content (AvgIpc) is 3.50. The fourth-order valence-corrected chi connectivity index (χ4v) is 4.43. The monoisotopic (exact) mass is 504 g/mol. The van der Waals surface area contributed by atoms with Crippen LogP contribution in [0.25, 0.3) is 11.0 Å². The van der Waals surface area contributed by atoms with Crippen molar-refractivity contribution < 1.29 is 18.7 Å². The van der Waals surface area contributed by atoms with Crippen molar-refractivity contribution in [2.24, 2.45) is 5.92 Å². The number of fused-ring (bicyclic) bond motifs is 1. The first-order valence-corrected chi connectivity index (χ1v) is 11.8. The van der Waals surface area contributed by atoms with Gasteiger partial charge in [-0.3, -0.25) is 19.0 Å². The van der Waals surface area contributed by atoms with Crippen LogP contribution in [0.5, 0.6) is 5.75 Å². The smallest absolute Gasteiger partial charge is 0.264 e. The lowest BCUT2D eigenvalue weighted by Crippen LogP contribution is -2.35. The Morgan fingerprint density at radius 2 is 2.00 bits per heavy atom. The molecule has 1 atom stereocenters. The largest absolute Gasteiger partial charge is 0.497 e. The predicted molar refractivity (Wildman–Crippen MR) is 134 cm³/mol. The van der Waals surface area contributed by atoms with E-state index in [2.05, 4.69) is 15.4 Å². The number of nitrogens with one attached hydrogen (secondary N) is 1. The molecular weight excluding hydrogens is 479 g/mol. The number of carbonyl (C=O) groups is 2. The normalized spacial score (nSPS) is 15.4. The Balaban J connectivity index is 1.19. The first kappa shape index (κ1) is 24.2. The van der Waals surface area contributed by atoms with Gasteiger partial charge in [0.2, 0.25) is 11.8 Å². The number of anilines is 1. The molecular formula is C26H25FN6O4. The van der Waals surface area contributed by atoms with Crippen LogP contribution >= 0.6 is 0 Å². The second-order valence-electron chi connectivity index (χ2n) is 8.81. The number of rotatable bonds is 8. The molecule has 1 saturated heterocycles. The van der Waals surface area contributed by atoms with Gasteiger partial charge in [-0.15, -0.1) is 0 Å². The third kappa shape index (κ3) is 5.06. The molecule has 1 aliphatic heterocycles. The second kappa shape index (κ2) is 10.2. The molecule has 3 heterocycles. The van der Waals surface area contributed by atoms with Crippen LogP contribution in [0.4, 0.5) is 10.1 Å².